The van der Waals surface area contributed by atoms with Gasteiger partial charge in [-0.3, -0.25) is 14.5 Å². The van der Waals surface area contributed by atoms with Crippen molar-refractivity contribution in [1.82, 2.24) is 4.90 Å². The Labute approximate surface area is 106 Å². The Morgan fingerprint density at radius 2 is 1.63 bits per heavy atom. The van der Waals surface area contributed by atoms with Gasteiger partial charge >= 0.3 is 5.97 Å². The van der Waals surface area contributed by atoms with Crippen LogP contribution in [0.3, 0.4) is 0 Å². The number of alkyl halides is 2. The second kappa shape index (κ2) is 4.75. The van der Waals surface area contributed by atoms with Crippen LogP contribution in [-0.2, 0) is 4.79 Å². The van der Waals surface area contributed by atoms with Crippen LogP contribution in [-0.4, -0.2) is 46.7 Å². The lowest BCUT2D eigenvalue weighted by atomic mass is 10.1. The summed E-state index contributed by atoms with van der Waals surface area (Å²) in [6.07, 6.45) is -5.23. The second-order valence-electron chi connectivity index (χ2n) is 4.02. The van der Waals surface area contributed by atoms with Crippen LogP contribution in [0.15, 0.2) is 24.3 Å². The molecule has 5 nitrogen and oxygen atoms in total. The van der Waals surface area contributed by atoms with E-state index < -0.39 is 36.7 Å². The first-order chi connectivity index (χ1) is 8.93. The standard InChI is InChI=1S/C12H9F2NO4/c13-8(9(14)12(18)19)5-15-10(16)6-3-1-2-4-7(6)11(15)17/h1-4,8-9H,5H2,(H,18,19)/t8-,9-/m0/s1. The highest BCUT2D eigenvalue weighted by molar-refractivity contribution is 6.21. The van der Waals surface area contributed by atoms with E-state index in [9.17, 15) is 23.2 Å². The number of carboxylic acid groups (broad SMARTS) is 1. The summed E-state index contributed by atoms with van der Waals surface area (Å²) in [5.41, 5.74) is 0.205. The van der Waals surface area contributed by atoms with Crippen molar-refractivity contribution in [2.75, 3.05) is 6.54 Å². The molecule has 1 aliphatic rings. The maximum absolute atomic E-state index is 13.4. The summed E-state index contributed by atoms with van der Waals surface area (Å²) in [6, 6.07) is 5.87. The number of carbonyl (C=O) groups excluding carboxylic acids is 2. The van der Waals surface area contributed by atoms with Gasteiger partial charge in [0.05, 0.1) is 17.7 Å². The molecule has 100 valence electrons. The lowest BCUT2D eigenvalue weighted by molar-refractivity contribution is -0.145. The summed E-state index contributed by atoms with van der Waals surface area (Å²) in [4.78, 5) is 34.4. The van der Waals surface area contributed by atoms with Crippen molar-refractivity contribution >= 4 is 17.8 Å². The van der Waals surface area contributed by atoms with E-state index in [-0.39, 0.29) is 11.1 Å². The molecular formula is C12H9F2NO4. The molecule has 2 rings (SSSR count). The lowest BCUT2D eigenvalue weighted by Gasteiger charge is -2.17. The summed E-state index contributed by atoms with van der Waals surface area (Å²) < 4.78 is 26.3. The van der Waals surface area contributed by atoms with Crippen molar-refractivity contribution in [3.8, 4) is 0 Å². The molecule has 7 heteroatoms. The monoisotopic (exact) mass is 269 g/mol. The minimum absolute atomic E-state index is 0.102. The first kappa shape index (κ1) is 13.1. The number of carbonyl (C=O) groups is 3. The summed E-state index contributed by atoms with van der Waals surface area (Å²) in [5.74, 6) is -3.47. The smallest absolute Gasteiger partial charge is 0.341 e. The SMILES string of the molecule is O=C(O)[C@@H](F)[C@@H](F)CN1C(=O)c2ccccc2C1=O. The van der Waals surface area contributed by atoms with Gasteiger partial charge in [0.25, 0.3) is 11.8 Å². The van der Waals surface area contributed by atoms with Gasteiger partial charge < -0.3 is 5.11 Å². The molecule has 1 aromatic carbocycles. The molecule has 1 heterocycles. The number of benzene rings is 1. The summed E-state index contributed by atoms with van der Waals surface area (Å²) in [6.45, 7) is -0.917. The molecule has 0 unspecified atom stereocenters. The first-order valence-corrected chi connectivity index (χ1v) is 5.39. The molecule has 0 aliphatic carbocycles. The summed E-state index contributed by atoms with van der Waals surface area (Å²) >= 11 is 0. The topological polar surface area (TPSA) is 74.7 Å². The van der Waals surface area contributed by atoms with Gasteiger partial charge in [0.1, 0.15) is 0 Å². The number of hydrogen-bond acceptors (Lipinski definition) is 3. The zero-order chi connectivity index (χ0) is 14.2. The average molecular weight is 269 g/mol. The van der Waals surface area contributed by atoms with Gasteiger partial charge in [-0.15, -0.1) is 0 Å². The van der Waals surface area contributed by atoms with Gasteiger partial charge in [0.2, 0.25) is 6.17 Å². The van der Waals surface area contributed by atoms with E-state index >= 15 is 0 Å². The molecule has 1 aromatic rings. The molecule has 1 N–H and O–H groups in total. The van der Waals surface area contributed by atoms with Crippen LogP contribution in [0.5, 0.6) is 0 Å². The van der Waals surface area contributed by atoms with Crippen molar-refractivity contribution < 1.29 is 28.3 Å². The summed E-state index contributed by atoms with van der Waals surface area (Å²) in [5, 5.41) is 8.33. The second-order valence-corrected chi connectivity index (χ2v) is 4.02. The molecule has 2 atom stereocenters. The molecule has 1 aliphatic heterocycles. The molecule has 0 fully saturated rings. The number of imide groups is 1. The minimum atomic E-state index is -2.77. The van der Waals surface area contributed by atoms with E-state index in [0.717, 1.165) is 0 Å². The lowest BCUT2D eigenvalue weighted by Crippen LogP contribution is -2.41. The average Bonchev–Trinajstić information content (AvgIpc) is 2.63. The largest absolute Gasteiger partial charge is 0.479 e. The van der Waals surface area contributed by atoms with Crippen molar-refractivity contribution in [2.24, 2.45) is 0 Å². The first-order valence-electron chi connectivity index (χ1n) is 5.39. The minimum Gasteiger partial charge on any atom is -0.479 e. The van der Waals surface area contributed by atoms with Gasteiger partial charge in [0, 0.05) is 0 Å². The number of rotatable bonds is 4. The highest BCUT2D eigenvalue weighted by Crippen LogP contribution is 2.23. The van der Waals surface area contributed by atoms with Gasteiger partial charge in [-0.1, -0.05) is 12.1 Å². The molecule has 0 radical (unpaired) electrons. The van der Waals surface area contributed by atoms with Crippen LogP contribution in [0.25, 0.3) is 0 Å². The third-order valence-corrected chi connectivity index (χ3v) is 2.79. The molecule has 0 saturated heterocycles. The van der Waals surface area contributed by atoms with Crippen LogP contribution in [0.1, 0.15) is 20.7 Å². The Hall–Kier alpha value is -2.31. The van der Waals surface area contributed by atoms with E-state index in [4.69, 9.17) is 5.11 Å². The number of nitrogens with zero attached hydrogens (tertiary/aromatic N) is 1. The quantitative estimate of drug-likeness (QED) is 0.829. The highest BCUT2D eigenvalue weighted by atomic mass is 19.2. The van der Waals surface area contributed by atoms with Crippen LogP contribution >= 0.6 is 0 Å². The summed E-state index contributed by atoms with van der Waals surface area (Å²) in [7, 11) is 0. The van der Waals surface area contributed by atoms with E-state index in [1.807, 2.05) is 0 Å². The van der Waals surface area contributed by atoms with Gasteiger partial charge in [-0.2, -0.15) is 0 Å². The molecule has 0 aromatic heterocycles. The Kier molecular flexibility index (Phi) is 3.28. The van der Waals surface area contributed by atoms with Crippen molar-refractivity contribution in [1.29, 1.82) is 0 Å². The normalized spacial score (nSPS) is 17.3. The van der Waals surface area contributed by atoms with Crippen molar-refractivity contribution in [3.63, 3.8) is 0 Å². The Bertz CT molecular complexity index is 525. The van der Waals surface area contributed by atoms with E-state index in [0.29, 0.717) is 4.90 Å². The fraction of sp³-hybridized carbons (Fsp3) is 0.250. The fourth-order valence-electron chi connectivity index (χ4n) is 1.83. The molecule has 0 saturated carbocycles. The van der Waals surface area contributed by atoms with Crippen LogP contribution in [0.4, 0.5) is 8.78 Å². The van der Waals surface area contributed by atoms with Crippen LogP contribution in [0.2, 0.25) is 0 Å². The Morgan fingerprint density at radius 1 is 1.16 bits per heavy atom. The fourth-order valence-corrected chi connectivity index (χ4v) is 1.83. The molecular weight excluding hydrogens is 260 g/mol. The Balaban J connectivity index is 2.19. The van der Waals surface area contributed by atoms with E-state index in [1.54, 1.807) is 0 Å². The number of amides is 2. The maximum atomic E-state index is 13.4. The third-order valence-electron chi connectivity index (χ3n) is 2.79. The molecule has 0 bridgehead atoms. The van der Waals surface area contributed by atoms with Gasteiger partial charge in [-0.25, -0.2) is 13.6 Å². The number of aliphatic carboxylic acids is 1. The predicted octanol–water partition coefficient (Wildman–Crippen LogP) is 1.04. The number of hydrogen-bond donors (Lipinski definition) is 1. The number of carboxylic acids is 1. The van der Waals surface area contributed by atoms with Crippen LogP contribution < -0.4 is 0 Å². The zero-order valence-electron chi connectivity index (χ0n) is 9.55. The van der Waals surface area contributed by atoms with Crippen molar-refractivity contribution in [2.45, 2.75) is 12.3 Å². The van der Waals surface area contributed by atoms with Crippen LogP contribution in [0, 0.1) is 0 Å². The van der Waals surface area contributed by atoms with Gasteiger partial charge in [0.15, 0.2) is 6.17 Å². The molecule has 2 amide bonds. The van der Waals surface area contributed by atoms with E-state index in [2.05, 4.69) is 0 Å². The zero-order valence-corrected chi connectivity index (χ0v) is 9.55. The Morgan fingerprint density at radius 3 is 2.05 bits per heavy atom. The van der Waals surface area contributed by atoms with E-state index in [1.165, 1.54) is 24.3 Å². The molecule has 19 heavy (non-hydrogen) atoms. The third kappa shape index (κ3) is 2.18. The number of halogens is 2. The number of fused-ring (bicyclic) bond motifs is 1. The van der Waals surface area contributed by atoms with Gasteiger partial charge in [-0.05, 0) is 12.1 Å². The predicted molar refractivity (Wildman–Crippen MR) is 59.2 cm³/mol. The molecule has 0 spiro atoms. The highest BCUT2D eigenvalue weighted by Gasteiger charge is 2.39. The maximum Gasteiger partial charge on any atom is 0.341 e. The van der Waals surface area contributed by atoms with Crippen molar-refractivity contribution in [3.05, 3.63) is 35.4 Å².